The van der Waals surface area contributed by atoms with Crippen LogP contribution in [0.3, 0.4) is 0 Å². The lowest BCUT2D eigenvalue weighted by atomic mass is 10.0. The number of ether oxygens (including phenoxy) is 3. The SMILES string of the molecule is CC(=O)C[C@@H]1O[C@H](COS(=O)(=O)c2ccc(C)cc2)[C@H]2OC(C)(C)O[C@H]21. The molecule has 0 radical (unpaired) electrons. The predicted octanol–water partition coefficient (Wildman–Crippen LogP) is 1.97. The van der Waals surface area contributed by atoms with E-state index in [0.29, 0.717) is 0 Å². The third kappa shape index (κ3) is 4.15. The summed E-state index contributed by atoms with van der Waals surface area (Å²) in [6.07, 6.45) is -1.84. The summed E-state index contributed by atoms with van der Waals surface area (Å²) >= 11 is 0. The van der Waals surface area contributed by atoms with Crippen LogP contribution in [0.2, 0.25) is 0 Å². The Morgan fingerprint density at radius 1 is 1.12 bits per heavy atom. The Kier molecular flexibility index (Phi) is 5.24. The normalized spacial score (nSPS) is 30.3. The summed E-state index contributed by atoms with van der Waals surface area (Å²) in [5.74, 6) is -0.849. The predicted molar refractivity (Wildman–Crippen MR) is 92.1 cm³/mol. The quantitative estimate of drug-likeness (QED) is 0.693. The van der Waals surface area contributed by atoms with Crippen LogP contribution in [0.15, 0.2) is 29.2 Å². The second-order valence-corrected chi connectivity index (χ2v) is 8.85. The Bertz CT molecular complexity index is 769. The Hall–Kier alpha value is -1.32. The molecular formula is C18H24O7S. The monoisotopic (exact) mass is 384 g/mol. The van der Waals surface area contributed by atoms with E-state index in [9.17, 15) is 13.2 Å². The molecule has 2 fully saturated rings. The van der Waals surface area contributed by atoms with E-state index in [2.05, 4.69) is 0 Å². The van der Waals surface area contributed by atoms with Gasteiger partial charge < -0.3 is 14.2 Å². The van der Waals surface area contributed by atoms with E-state index < -0.39 is 40.3 Å². The second-order valence-electron chi connectivity index (χ2n) is 7.24. The highest BCUT2D eigenvalue weighted by atomic mass is 32.2. The number of benzene rings is 1. The molecule has 1 aromatic rings. The molecule has 0 N–H and O–H groups in total. The fourth-order valence-electron chi connectivity index (χ4n) is 3.28. The van der Waals surface area contributed by atoms with Crippen molar-refractivity contribution in [1.82, 2.24) is 0 Å². The first kappa shape index (κ1) is 19.4. The third-order valence-corrected chi connectivity index (χ3v) is 5.73. The van der Waals surface area contributed by atoms with Crippen LogP contribution in [0.4, 0.5) is 0 Å². The summed E-state index contributed by atoms with van der Waals surface area (Å²) in [7, 11) is -3.91. The van der Waals surface area contributed by atoms with Crippen molar-refractivity contribution in [3.63, 3.8) is 0 Å². The van der Waals surface area contributed by atoms with Crippen LogP contribution in [0.1, 0.15) is 32.8 Å². The topological polar surface area (TPSA) is 88.1 Å². The Morgan fingerprint density at radius 2 is 1.69 bits per heavy atom. The van der Waals surface area contributed by atoms with Crippen LogP contribution in [-0.4, -0.2) is 51.0 Å². The third-order valence-electron chi connectivity index (χ3n) is 4.43. The zero-order valence-corrected chi connectivity index (χ0v) is 16.1. The maximum atomic E-state index is 12.4. The van der Waals surface area contributed by atoms with Gasteiger partial charge in [-0.25, -0.2) is 0 Å². The molecule has 3 rings (SSSR count). The Labute approximate surface area is 153 Å². The lowest BCUT2D eigenvalue weighted by molar-refractivity contribution is -0.190. The van der Waals surface area contributed by atoms with Gasteiger partial charge in [-0.2, -0.15) is 8.42 Å². The first-order valence-electron chi connectivity index (χ1n) is 8.54. The number of fused-ring (bicyclic) bond motifs is 1. The highest BCUT2D eigenvalue weighted by Crippen LogP contribution is 2.40. The molecule has 0 aromatic heterocycles. The van der Waals surface area contributed by atoms with Crippen molar-refractivity contribution in [2.45, 2.75) is 69.2 Å². The van der Waals surface area contributed by atoms with Crippen molar-refractivity contribution in [2.75, 3.05) is 6.61 Å². The number of Topliss-reactive ketones (excluding diaryl/α,β-unsaturated/α-hetero) is 1. The summed E-state index contributed by atoms with van der Waals surface area (Å²) in [4.78, 5) is 11.6. The van der Waals surface area contributed by atoms with Gasteiger partial charge in [0.2, 0.25) is 0 Å². The highest BCUT2D eigenvalue weighted by molar-refractivity contribution is 7.86. The van der Waals surface area contributed by atoms with E-state index in [1.807, 2.05) is 6.92 Å². The van der Waals surface area contributed by atoms with Crippen molar-refractivity contribution >= 4 is 15.9 Å². The first-order chi connectivity index (χ1) is 12.1. The van der Waals surface area contributed by atoms with Gasteiger partial charge in [0, 0.05) is 6.42 Å². The van der Waals surface area contributed by atoms with Gasteiger partial charge in [0.15, 0.2) is 5.79 Å². The van der Waals surface area contributed by atoms with E-state index in [1.54, 1.807) is 26.0 Å². The number of carbonyl (C=O) groups excluding carboxylic acids is 1. The average Bonchev–Trinajstić information content (AvgIpc) is 3.00. The van der Waals surface area contributed by atoms with Crippen LogP contribution in [0.5, 0.6) is 0 Å². The molecule has 144 valence electrons. The van der Waals surface area contributed by atoms with Crippen LogP contribution < -0.4 is 0 Å². The van der Waals surface area contributed by atoms with E-state index in [0.717, 1.165) is 5.56 Å². The lowest BCUT2D eigenvalue weighted by Crippen LogP contribution is -2.33. The van der Waals surface area contributed by atoms with Crippen molar-refractivity contribution in [3.8, 4) is 0 Å². The zero-order valence-electron chi connectivity index (χ0n) is 15.3. The number of hydrogen-bond donors (Lipinski definition) is 0. The Morgan fingerprint density at radius 3 is 2.27 bits per heavy atom. The van der Waals surface area contributed by atoms with Gasteiger partial charge in [0.05, 0.1) is 17.6 Å². The molecule has 2 heterocycles. The second kappa shape index (κ2) is 7.01. The van der Waals surface area contributed by atoms with Crippen molar-refractivity contribution in [2.24, 2.45) is 0 Å². The largest absolute Gasteiger partial charge is 0.366 e. The molecule has 0 bridgehead atoms. The van der Waals surface area contributed by atoms with Gasteiger partial charge in [-0.15, -0.1) is 0 Å². The number of aryl methyl sites for hydroxylation is 1. The fourth-order valence-corrected chi connectivity index (χ4v) is 4.20. The van der Waals surface area contributed by atoms with Crippen molar-refractivity contribution in [1.29, 1.82) is 0 Å². The zero-order chi connectivity index (χ0) is 19.1. The maximum Gasteiger partial charge on any atom is 0.297 e. The smallest absolute Gasteiger partial charge is 0.297 e. The van der Waals surface area contributed by atoms with Crippen LogP contribution in [-0.2, 0) is 33.3 Å². The molecule has 2 aliphatic heterocycles. The summed E-state index contributed by atoms with van der Waals surface area (Å²) in [5, 5.41) is 0. The van der Waals surface area contributed by atoms with Gasteiger partial charge >= 0.3 is 0 Å². The van der Waals surface area contributed by atoms with Crippen LogP contribution in [0, 0.1) is 6.92 Å². The molecule has 8 heteroatoms. The van der Waals surface area contributed by atoms with Gasteiger partial charge in [0.1, 0.15) is 24.1 Å². The molecule has 0 unspecified atom stereocenters. The van der Waals surface area contributed by atoms with E-state index in [-0.39, 0.29) is 23.7 Å². The molecule has 4 atom stereocenters. The molecule has 26 heavy (non-hydrogen) atoms. The first-order valence-corrected chi connectivity index (χ1v) is 9.95. The summed E-state index contributed by atoms with van der Waals surface area (Å²) in [5.41, 5.74) is 0.955. The number of ketones is 1. The van der Waals surface area contributed by atoms with E-state index in [1.165, 1.54) is 19.1 Å². The summed E-state index contributed by atoms with van der Waals surface area (Å²) in [6, 6.07) is 6.41. The standard InChI is InChI=1S/C18H24O7S/c1-11-5-7-13(8-6-11)26(20,21)22-10-15-17-16(24-18(3,4)25-17)14(23-15)9-12(2)19/h5-8,14-17H,9-10H2,1-4H3/t14-,15+,16-,17+/m0/s1. The Balaban J connectivity index is 1.70. The molecule has 7 nitrogen and oxygen atoms in total. The average molecular weight is 384 g/mol. The lowest BCUT2D eigenvalue weighted by Gasteiger charge is -2.23. The van der Waals surface area contributed by atoms with E-state index in [4.69, 9.17) is 18.4 Å². The van der Waals surface area contributed by atoms with Gasteiger partial charge in [-0.1, -0.05) is 17.7 Å². The number of hydrogen-bond acceptors (Lipinski definition) is 7. The molecule has 0 aliphatic carbocycles. The minimum Gasteiger partial charge on any atom is -0.366 e. The van der Waals surface area contributed by atoms with E-state index >= 15 is 0 Å². The highest BCUT2D eigenvalue weighted by Gasteiger charge is 2.55. The van der Waals surface area contributed by atoms with Crippen LogP contribution in [0.25, 0.3) is 0 Å². The number of carbonyl (C=O) groups is 1. The molecule has 0 saturated carbocycles. The molecule has 1 aromatic carbocycles. The molecule has 0 amide bonds. The van der Waals surface area contributed by atoms with Gasteiger partial charge in [0.25, 0.3) is 10.1 Å². The minimum absolute atomic E-state index is 0.0316. The van der Waals surface area contributed by atoms with Gasteiger partial charge in [-0.3, -0.25) is 8.98 Å². The minimum atomic E-state index is -3.91. The fraction of sp³-hybridized carbons (Fsp3) is 0.611. The molecule has 0 spiro atoms. The van der Waals surface area contributed by atoms with Crippen molar-refractivity contribution < 1.29 is 31.6 Å². The van der Waals surface area contributed by atoms with Crippen molar-refractivity contribution in [3.05, 3.63) is 29.8 Å². The maximum absolute atomic E-state index is 12.4. The molecule has 2 saturated heterocycles. The summed E-state index contributed by atoms with van der Waals surface area (Å²) in [6.45, 7) is 6.70. The van der Waals surface area contributed by atoms with Gasteiger partial charge in [-0.05, 0) is 39.8 Å². The number of rotatable bonds is 6. The summed E-state index contributed by atoms with van der Waals surface area (Å²) < 4.78 is 47.5. The van der Waals surface area contributed by atoms with Crippen LogP contribution >= 0.6 is 0 Å². The molecule has 2 aliphatic rings. The molecular weight excluding hydrogens is 360 g/mol.